The van der Waals surface area contributed by atoms with Crippen molar-refractivity contribution in [2.75, 3.05) is 51.0 Å². The third-order valence-corrected chi connectivity index (χ3v) is 6.11. The van der Waals surface area contributed by atoms with Gasteiger partial charge in [0.15, 0.2) is 5.17 Å². The van der Waals surface area contributed by atoms with Crippen LogP contribution < -0.4 is 4.90 Å². The maximum atomic E-state index is 13.1. The normalized spacial score (nSPS) is 19.6. The molecule has 2 heterocycles. The van der Waals surface area contributed by atoms with Crippen LogP contribution in [0.4, 0.5) is 11.4 Å². The van der Waals surface area contributed by atoms with Crippen LogP contribution in [0, 0.1) is 0 Å². The van der Waals surface area contributed by atoms with Crippen LogP contribution in [0.5, 0.6) is 0 Å². The number of anilines is 1. The molecule has 0 saturated carbocycles. The first kappa shape index (κ1) is 21.6. The molecule has 31 heavy (non-hydrogen) atoms. The lowest BCUT2D eigenvalue weighted by Gasteiger charge is -2.28. The first-order chi connectivity index (χ1) is 15.2. The Kier molecular flexibility index (Phi) is 7.40. The minimum absolute atomic E-state index is 0.0309. The Hall–Kier alpha value is -2.61. The van der Waals surface area contributed by atoms with Crippen LogP contribution in [0.1, 0.15) is 12.5 Å². The van der Waals surface area contributed by atoms with E-state index >= 15 is 0 Å². The smallest absolute Gasteiger partial charge is 0.266 e. The van der Waals surface area contributed by atoms with E-state index < -0.39 is 0 Å². The molecular formula is C24H27N3O3S. The molecule has 2 aliphatic rings. The largest absolute Gasteiger partial charge is 0.380 e. The van der Waals surface area contributed by atoms with Gasteiger partial charge in [-0.1, -0.05) is 30.3 Å². The van der Waals surface area contributed by atoms with Gasteiger partial charge in [0.1, 0.15) is 0 Å². The van der Waals surface area contributed by atoms with Gasteiger partial charge in [0, 0.05) is 25.4 Å². The lowest BCUT2D eigenvalue weighted by Crippen LogP contribution is -2.36. The highest BCUT2D eigenvalue weighted by atomic mass is 32.2. The molecule has 2 saturated heterocycles. The molecule has 0 spiro atoms. The molecule has 4 rings (SSSR count). The standard InChI is InChI=1S/C24H27N3O3S/c1-2-29-17-14-27-23(28)22(31-24(27)25-20-6-4-3-5-7-20)18-19-8-10-21(11-9-19)26-12-15-30-16-13-26/h3-11,18H,2,12-17H2,1H3/b22-18-,25-24?. The predicted molar refractivity (Wildman–Crippen MR) is 127 cm³/mol. The molecule has 162 valence electrons. The highest BCUT2D eigenvalue weighted by Crippen LogP contribution is 2.34. The van der Waals surface area contributed by atoms with E-state index in [4.69, 9.17) is 14.5 Å². The first-order valence-corrected chi connectivity index (χ1v) is 11.4. The van der Waals surface area contributed by atoms with Crippen LogP contribution in [-0.2, 0) is 14.3 Å². The summed E-state index contributed by atoms with van der Waals surface area (Å²) in [6.45, 7) is 6.88. The Bertz CT molecular complexity index is 938. The number of amidine groups is 1. The van der Waals surface area contributed by atoms with Crippen molar-refractivity contribution in [2.24, 2.45) is 4.99 Å². The van der Waals surface area contributed by atoms with Crippen LogP contribution in [0.25, 0.3) is 6.08 Å². The molecule has 0 bridgehead atoms. The van der Waals surface area contributed by atoms with Crippen LogP contribution in [0.2, 0.25) is 0 Å². The van der Waals surface area contributed by atoms with E-state index in [0.717, 1.165) is 37.6 Å². The van der Waals surface area contributed by atoms with Gasteiger partial charge in [0.25, 0.3) is 5.91 Å². The van der Waals surface area contributed by atoms with Gasteiger partial charge in [-0.15, -0.1) is 0 Å². The number of morpholine rings is 1. The molecule has 0 atom stereocenters. The number of thioether (sulfide) groups is 1. The molecule has 2 aromatic rings. The fourth-order valence-corrected chi connectivity index (χ4v) is 4.48. The summed E-state index contributed by atoms with van der Waals surface area (Å²) in [5.41, 5.74) is 3.01. The Balaban J connectivity index is 1.53. The quantitative estimate of drug-likeness (QED) is 0.481. The van der Waals surface area contributed by atoms with Crippen molar-refractivity contribution in [1.82, 2.24) is 4.90 Å². The molecule has 6 nitrogen and oxygen atoms in total. The topological polar surface area (TPSA) is 54.4 Å². The van der Waals surface area contributed by atoms with E-state index in [1.54, 1.807) is 4.90 Å². The summed E-state index contributed by atoms with van der Waals surface area (Å²) in [7, 11) is 0. The maximum absolute atomic E-state index is 13.1. The van der Waals surface area contributed by atoms with Crippen LogP contribution in [0.3, 0.4) is 0 Å². The zero-order valence-corrected chi connectivity index (χ0v) is 18.5. The van der Waals surface area contributed by atoms with E-state index in [1.807, 2.05) is 43.3 Å². The summed E-state index contributed by atoms with van der Waals surface area (Å²) in [5.74, 6) is -0.0309. The number of amides is 1. The van der Waals surface area contributed by atoms with Crippen LogP contribution in [-0.4, -0.2) is 62.0 Å². The van der Waals surface area contributed by atoms with E-state index in [9.17, 15) is 4.79 Å². The SMILES string of the molecule is CCOCCN1C(=O)/C(=C/c2ccc(N3CCOCC3)cc2)SC1=Nc1ccccc1. The second-order valence-corrected chi connectivity index (χ2v) is 8.19. The Morgan fingerprint density at radius 2 is 1.84 bits per heavy atom. The molecule has 2 aliphatic heterocycles. The Labute approximate surface area is 187 Å². The van der Waals surface area contributed by atoms with Crippen molar-refractivity contribution in [3.63, 3.8) is 0 Å². The lowest BCUT2D eigenvalue weighted by molar-refractivity contribution is -0.122. The molecular weight excluding hydrogens is 410 g/mol. The van der Waals surface area contributed by atoms with E-state index in [2.05, 4.69) is 29.2 Å². The molecule has 0 aromatic heterocycles. The first-order valence-electron chi connectivity index (χ1n) is 10.6. The number of aliphatic imine (C=N–C) groups is 1. The van der Waals surface area contributed by atoms with Gasteiger partial charge in [-0.05, 0) is 54.6 Å². The number of carbonyl (C=O) groups is 1. The molecule has 2 fully saturated rings. The average molecular weight is 438 g/mol. The van der Waals surface area contributed by atoms with Crippen LogP contribution >= 0.6 is 11.8 Å². The maximum Gasteiger partial charge on any atom is 0.266 e. The third kappa shape index (κ3) is 5.55. The monoisotopic (exact) mass is 437 g/mol. The lowest BCUT2D eigenvalue weighted by atomic mass is 10.1. The molecule has 0 aliphatic carbocycles. The second-order valence-electron chi connectivity index (χ2n) is 7.19. The van der Waals surface area contributed by atoms with Gasteiger partial charge in [-0.2, -0.15) is 0 Å². The Morgan fingerprint density at radius 3 is 2.55 bits per heavy atom. The van der Waals surface area contributed by atoms with Crippen LogP contribution in [0.15, 0.2) is 64.5 Å². The average Bonchev–Trinajstić information content (AvgIpc) is 3.10. The molecule has 7 heteroatoms. The zero-order chi connectivity index (χ0) is 21.5. The molecule has 2 aromatic carbocycles. The number of carbonyl (C=O) groups excluding carboxylic acids is 1. The van der Waals surface area contributed by atoms with E-state index in [-0.39, 0.29) is 5.91 Å². The number of hydrogen-bond acceptors (Lipinski definition) is 6. The van der Waals surface area contributed by atoms with Gasteiger partial charge < -0.3 is 14.4 Å². The van der Waals surface area contributed by atoms with Gasteiger partial charge >= 0.3 is 0 Å². The third-order valence-electron chi connectivity index (χ3n) is 5.10. The second kappa shape index (κ2) is 10.6. The fourth-order valence-electron chi connectivity index (χ4n) is 3.46. The number of para-hydroxylation sites is 1. The summed E-state index contributed by atoms with van der Waals surface area (Å²) in [5, 5.41) is 0.687. The van der Waals surface area contributed by atoms with Crippen molar-refractivity contribution in [1.29, 1.82) is 0 Å². The summed E-state index contributed by atoms with van der Waals surface area (Å²) in [4.78, 5) is 22.5. The summed E-state index contributed by atoms with van der Waals surface area (Å²) >= 11 is 1.41. The van der Waals surface area contributed by atoms with Crippen molar-refractivity contribution in [3.05, 3.63) is 65.1 Å². The van der Waals surface area contributed by atoms with Gasteiger partial charge in [0.2, 0.25) is 0 Å². The predicted octanol–water partition coefficient (Wildman–Crippen LogP) is 4.16. The van der Waals surface area contributed by atoms with Gasteiger partial charge in [-0.3, -0.25) is 9.69 Å². The highest BCUT2D eigenvalue weighted by Gasteiger charge is 2.33. The summed E-state index contributed by atoms with van der Waals surface area (Å²) in [6, 6.07) is 18.0. The number of rotatable bonds is 7. The molecule has 0 radical (unpaired) electrons. The molecule has 0 unspecified atom stereocenters. The molecule has 1 amide bonds. The van der Waals surface area contributed by atoms with Crippen molar-refractivity contribution >= 4 is 40.3 Å². The highest BCUT2D eigenvalue weighted by molar-refractivity contribution is 8.18. The fraction of sp³-hybridized carbons (Fsp3) is 0.333. The van der Waals surface area contributed by atoms with Gasteiger partial charge in [-0.25, -0.2) is 4.99 Å². The minimum Gasteiger partial charge on any atom is -0.380 e. The number of nitrogens with zero attached hydrogens (tertiary/aromatic N) is 3. The Morgan fingerprint density at radius 1 is 1.10 bits per heavy atom. The van der Waals surface area contributed by atoms with Gasteiger partial charge in [0.05, 0.1) is 37.0 Å². The summed E-state index contributed by atoms with van der Waals surface area (Å²) in [6.07, 6.45) is 1.94. The minimum atomic E-state index is -0.0309. The summed E-state index contributed by atoms with van der Waals surface area (Å²) < 4.78 is 10.9. The van der Waals surface area contributed by atoms with E-state index in [0.29, 0.717) is 29.8 Å². The number of benzene rings is 2. The van der Waals surface area contributed by atoms with Crippen molar-refractivity contribution in [2.45, 2.75) is 6.92 Å². The van der Waals surface area contributed by atoms with E-state index in [1.165, 1.54) is 17.4 Å². The number of ether oxygens (including phenoxy) is 2. The van der Waals surface area contributed by atoms with Crippen molar-refractivity contribution in [3.8, 4) is 0 Å². The number of hydrogen-bond donors (Lipinski definition) is 0. The zero-order valence-electron chi connectivity index (χ0n) is 17.7. The van der Waals surface area contributed by atoms with Crippen molar-refractivity contribution < 1.29 is 14.3 Å². The molecule has 0 N–H and O–H groups in total.